The second kappa shape index (κ2) is 5.26. The molecule has 0 amide bonds. The van der Waals surface area contributed by atoms with Gasteiger partial charge in [0, 0.05) is 0 Å². The fourth-order valence-corrected chi connectivity index (χ4v) is 2.93. The van der Waals surface area contributed by atoms with E-state index in [1.54, 1.807) is 0 Å². The van der Waals surface area contributed by atoms with Crippen LogP contribution >= 0.6 is 11.6 Å². The summed E-state index contributed by atoms with van der Waals surface area (Å²) in [5, 5.41) is -0.154. The zero-order valence-corrected chi connectivity index (χ0v) is 11.5. The van der Waals surface area contributed by atoms with Crippen LogP contribution in [0.1, 0.15) is 0 Å². The molecule has 0 fully saturated rings. The summed E-state index contributed by atoms with van der Waals surface area (Å²) >= 11 is 5.49. The van der Waals surface area contributed by atoms with E-state index in [1.165, 1.54) is 24.3 Å². The van der Waals surface area contributed by atoms with Crippen molar-refractivity contribution in [3.8, 4) is 0 Å². The van der Waals surface area contributed by atoms with E-state index >= 15 is 0 Å². The summed E-state index contributed by atoms with van der Waals surface area (Å²) in [6.07, 6.45) is 0. The second-order valence-electron chi connectivity index (χ2n) is 3.89. The molecule has 0 spiro atoms. The average molecular weight is 319 g/mol. The first-order chi connectivity index (χ1) is 9.31. The number of nitrogen functional groups attached to an aromatic ring is 1. The molecule has 3 N–H and O–H groups in total. The lowest BCUT2D eigenvalue weighted by Gasteiger charge is -2.11. The number of hydrogen-bond donors (Lipinski definition) is 2. The van der Waals surface area contributed by atoms with Crippen LogP contribution in [0.5, 0.6) is 0 Å². The molecule has 8 heteroatoms. The lowest BCUT2D eigenvalue weighted by Crippen LogP contribution is -2.16. The van der Waals surface area contributed by atoms with Gasteiger partial charge in [-0.1, -0.05) is 17.7 Å². The van der Waals surface area contributed by atoms with Crippen molar-refractivity contribution in [1.29, 1.82) is 0 Å². The topological polar surface area (TPSA) is 72.2 Å². The van der Waals surface area contributed by atoms with Crippen LogP contribution in [-0.2, 0) is 10.0 Å². The summed E-state index contributed by atoms with van der Waals surface area (Å²) in [4.78, 5) is -0.685. The quantitative estimate of drug-likeness (QED) is 0.854. The van der Waals surface area contributed by atoms with Crippen molar-refractivity contribution in [1.82, 2.24) is 0 Å². The van der Waals surface area contributed by atoms with Gasteiger partial charge in [-0.15, -0.1) is 0 Å². The van der Waals surface area contributed by atoms with E-state index in [9.17, 15) is 17.2 Å². The minimum absolute atomic E-state index is 0.0884. The third kappa shape index (κ3) is 2.83. The standard InChI is InChI=1S/C12H9ClF2N2O2S/c13-8-5-4-7(6-10(8)15)17-20(18,19)12-9(14)2-1-3-11(12)16/h1-6,17H,16H2. The Kier molecular flexibility index (Phi) is 3.82. The van der Waals surface area contributed by atoms with Crippen LogP contribution < -0.4 is 10.5 Å². The van der Waals surface area contributed by atoms with Crippen LogP contribution in [0.2, 0.25) is 5.02 Å². The predicted molar refractivity (Wildman–Crippen MR) is 73.0 cm³/mol. The number of hydrogen-bond acceptors (Lipinski definition) is 3. The summed E-state index contributed by atoms with van der Waals surface area (Å²) < 4.78 is 53.0. The highest BCUT2D eigenvalue weighted by molar-refractivity contribution is 7.92. The molecule has 106 valence electrons. The fraction of sp³-hybridized carbons (Fsp3) is 0. The van der Waals surface area contributed by atoms with Gasteiger partial charge >= 0.3 is 0 Å². The van der Waals surface area contributed by atoms with Gasteiger partial charge in [0.15, 0.2) is 0 Å². The van der Waals surface area contributed by atoms with Crippen molar-refractivity contribution < 1.29 is 17.2 Å². The predicted octanol–water partition coefficient (Wildman–Crippen LogP) is 3.00. The van der Waals surface area contributed by atoms with E-state index < -0.39 is 26.6 Å². The summed E-state index contributed by atoms with van der Waals surface area (Å²) in [7, 11) is -4.26. The number of anilines is 2. The van der Waals surface area contributed by atoms with Crippen LogP contribution in [0.15, 0.2) is 41.3 Å². The first-order valence-electron chi connectivity index (χ1n) is 5.33. The normalized spacial score (nSPS) is 11.3. The van der Waals surface area contributed by atoms with Gasteiger partial charge in [-0.3, -0.25) is 4.72 Å². The van der Waals surface area contributed by atoms with Gasteiger partial charge in [0.25, 0.3) is 10.0 Å². The molecule has 0 unspecified atom stereocenters. The van der Waals surface area contributed by atoms with Crippen molar-refractivity contribution in [2.24, 2.45) is 0 Å². The molecule has 0 saturated heterocycles. The van der Waals surface area contributed by atoms with E-state index in [4.69, 9.17) is 17.3 Å². The van der Waals surface area contributed by atoms with Crippen molar-refractivity contribution in [3.63, 3.8) is 0 Å². The maximum atomic E-state index is 13.6. The Balaban J connectivity index is 2.43. The number of nitrogens with one attached hydrogen (secondary N) is 1. The third-order valence-electron chi connectivity index (χ3n) is 2.44. The highest BCUT2D eigenvalue weighted by Crippen LogP contribution is 2.25. The first-order valence-corrected chi connectivity index (χ1v) is 7.19. The fourth-order valence-electron chi connectivity index (χ4n) is 1.57. The van der Waals surface area contributed by atoms with Gasteiger partial charge in [-0.2, -0.15) is 0 Å². The molecule has 2 rings (SSSR count). The SMILES string of the molecule is Nc1cccc(F)c1S(=O)(=O)Nc1ccc(Cl)c(F)c1. The number of halogens is 3. The zero-order chi connectivity index (χ0) is 14.9. The molecule has 0 heterocycles. The summed E-state index contributed by atoms with van der Waals surface area (Å²) in [5.41, 5.74) is 5.13. The molecule has 4 nitrogen and oxygen atoms in total. The number of rotatable bonds is 3. The molecule has 0 saturated carbocycles. The second-order valence-corrected chi connectivity index (χ2v) is 5.92. The van der Waals surface area contributed by atoms with Gasteiger partial charge in [0.1, 0.15) is 16.5 Å². The Labute approximate surface area is 119 Å². The van der Waals surface area contributed by atoms with Gasteiger partial charge < -0.3 is 5.73 Å². The maximum absolute atomic E-state index is 13.6. The lowest BCUT2D eigenvalue weighted by atomic mass is 10.3. The molecular weight excluding hydrogens is 310 g/mol. The minimum Gasteiger partial charge on any atom is -0.398 e. The van der Waals surface area contributed by atoms with Gasteiger partial charge in [-0.25, -0.2) is 17.2 Å². The Morgan fingerprint density at radius 2 is 1.80 bits per heavy atom. The van der Waals surface area contributed by atoms with Crippen molar-refractivity contribution in [2.45, 2.75) is 4.90 Å². The van der Waals surface area contributed by atoms with E-state index in [0.29, 0.717) is 0 Å². The highest BCUT2D eigenvalue weighted by Gasteiger charge is 2.22. The minimum atomic E-state index is -4.26. The van der Waals surface area contributed by atoms with Gasteiger partial charge in [-0.05, 0) is 30.3 Å². The Morgan fingerprint density at radius 3 is 2.40 bits per heavy atom. The van der Waals surface area contributed by atoms with Crippen molar-refractivity contribution >= 4 is 33.0 Å². The highest BCUT2D eigenvalue weighted by atomic mass is 35.5. The van der Waals surface area contributed by atoms with E-state index in [0.717, 1.165) is 12.1 Å². The lowest BCUT2D eigenvalue weighted by molar-refractivity contribution is 0.572. The molecule has 0 aliphatic carbocycles. The Bertz CT molecular complexity index is 746. The van der Waals surface area contributed by atoms with Gasteiger partial charge in [0.05, 0.1) is 16.4 Å². The zero-order valence-electron chi connectivity index (χ0n) is 9.90. The van der Waals surface area contributed by atoms with E-state index in [-0.39, 0.29) is 16.4 Å². The average Bonchev–Trinajstić information content (AvgIpc) is 2.33. The Morgan fingerprint density at radius 1 is 1.10 bits per heavy atom. The molecule has 0 bridgehead atoms. The van der Waals surface area contributed by atoms with Crippen LogP contribution in [0, 0.1) is 11.6 Å². The molecule has 0 atom stereocenters. The van der Waals surface area contributed by atoms with E-state index in [2.05, 4.69) is 0 Å². The molecule has 2 aromatic carbocycles. The van der Waals surface area contributed by atoms with Crippen molar-refractivity contribution in [3.05, 3.63) is 53.1 Å². The number of benzene rings is 2. The summed E-state index contributed by atoms with van der Waals surface area (Å²) in [6, 6.07) is 6.81. The van der Waals surface area contributed by atoms with E-state index in [1.807, 2.05) is 4.72 Å². The summed E-state index contributed by atoms with van der Waals surface area (Å²) in [6.45, 7) is 0. The molecular formula is C12H9ClF2N2O2S. The summed E-state index contributed by atoms with van der Waals surface area (Å²) in [5.74, 6) is -1.79. The van der Waals surface area contributed by atoms with Crippen LogP contribution in [0.4, 0.5) is 20.2 Å². The smallest absolute Gasteiger partial charge is 0.266 e. The number of sulfonamides is 1. The largest absolute Gasteiger partial charge is 0.398 e. The molecule has 2 aromatic rings. The Hall–Kier alpha value is -1.86. The van der Waals surface area contributed by atoms with Crippen LogP contribution in [0.25, 0.3) is 0 Å². The maximum Gasteiger partial charge on any atom is 0.266 e. The number of nitrogens with two attached hydrogens (primary N) is 1. The van der Waals surface area contributed by atoms with Crippen LogP contribution in [0.3, 0.4) is 0 Å². The molecule has 0 radical (unpaired) electrons. The van der Waals surface area contributed by atoms with Gasteiger partial charge in [0.2, 0.25) is 0 Å². The monoisotopic (exact) mass is 318 g/mol. The third-order valence-corrected chi connectivity index (χ3v) is 4.22. The molecule has 0 aliphatic rings. The first kappa shape index (κ1) is 14.5. The molecule has 20 heavy (non-hydrogen) atoms. The van der Waals surface area contributed by atoms with Crippen LogP contribution in [-0.4, -0.2) is 8.42 Å². The van der Waals surface area contributed by atoms with Crippen molar-refractivity contribution in [2.75, 3.05) is 10.5 Å². The molecule has 0 aliphatic heterocycles. The molecule has 0 aromatic heterocycles.